The molecular weight excluding hydrogens is 588 g/mol. The summed E-state index contributed by atoms with van der Waals surface area (Å²) in [5.41, 5.74) is 1.02. The fourth-order valence-corrected chi connectivity index (χ4v) is 6.87. The van der Waals surface area contributed by atoms with Gasteiger partial charge in [0.15, 0.2) is 11.3 Å². The topological polar surface area (TPSA) is 128 Å². The van der Waals surface area contributed by atoms with Gasteiger partial charge < -0.3 is 14.8 Å². The predicted octanol–water partition coefficient (Wildman–Crippen LogP) is 4.49. The Morgan fingerprint density at radius 1 is 1.02 bits per heavy atom. The van der Waals surface area contributed by atoms with E-state index in [-0.39, 0.29) is 11.4 Å². The number of rotatable bonds is 8. The summed E-state index contributed by atoms with van der Waals surface area (Å²) in [7, 11) is -1.64. The summed E-state index contributed by atoms with van der Waals surface area (Å²) in [5, 5.41) is 3.71. The number of hydrogen-bond donors (Lipinski definition) is 1. The molecule has 10 nitrogen and oxygen atoms in total. The van der Waals surface area contributed by atoms with Crippen LogP contribution in [0.1, 0.15) is 38.0 Å². The number of esters is 1. The van der Waals surface area contributed by atoms with Crippen LogP contribution < -0.4 is 5.32 Å². The lowest BCUT2D eigenvalue weighted by Crippen LogP contribution is -2.73. The fourth-order valence-electron chi connectivity index (χ4n) is 4.63. The van der Waals surface area contributed by atoms with Gasteiger partial charge in [0.1, 0.15) is 22.7 Å². The molecule has 3 heterocycles. The quantitative estimate of drug-likeness (QED) is 0.168. The first-order valence-corrected chi connectivity index (χ1v) is 15.7. The molecular formula is C31H30N4O6S2. The van der Waals surface area contributed by atoms with Crippen molar-refractivity contribution in [1.29, 1.82) is 0 Å². The van der Waals surface area contributed by atoms with E-state index in [9.17, 15) is 18.6 Å². The number of aromatic nitrogens is 2. The van der Waals surface area contributed by atoms with Crippen molar-refractivity contribution in [3.8, 4) is 0 Å². The van der Waals surface area contributed by atoms with Crippen molar-refractivity contribution in [2.24, 2.45) is 0 Å². The number of benzene rings is 2. The molecule has 1 fully saturated rings. The summed E-state index contributed by atoms with van der Waals surface area (Å²) in [6.07, 6.45) is 3.25. The lowest BCUT2D eigenvalue weighted by molar-refractivity contribution is -0.153. The molecule has 1 aromatic heterocycles. The SMILES string of the molecule is CC(C)(C)OC(=O)NC1C(=O)N2C(C(=O)OC(c3ccccc3)c3ccccc3)=C(C=CSc3ncccn3)CS(=O)[C@@H]12. The molecule has 222 valence electrons. The van der Waals surface area contributed by atoms with E-state index >= 15 is 0 Å². The Balaban J connectivity index is 1.48. The maximum absolute atomic E-state index is 14.0. The second-order valence-corrected chi connectivity index (χ2v) is 13.1. The van der Waals surface area contributed by atoms with Crippen LogP contribution in [-0.2, 0) is 29.9 Å². The number of amides is 2. The maximum atomic E-state index is 14.0. The number of β-lactam (4-membered cyclic amide) rings is 1. The average Bonchev–Trinajstić information content (AvgIpc) is 2.99. The summed E-state index contributed by atoms with van der Waals surface area (Å²) < 4.78 is 24.8. The first-order chi connectivity index (χ1) is 20.6. The van der Waals surface area contributed by atoms with Crippen molar-refractivity contribution in [1.82, 2.24) is 20.2 Å². The second kappa shape index (κ2) is 12.9. The van der Waals surface area contributed by atoms with Crippen LogP contribution in [0.5, 0.6) is 0 Å². The molecule has 0 saturated carbocycles. The van der Waals surface area contributed by atoms with Crippen LogP contribution >= 0.6 is 11.8 Å². The normalized spacial score (nSPS) is 20.0. The van der Waals surface area contributed by atoms with Crippen molar-refractivity contribution in [3.05, 3.63) is 113 Å². The van der Waals surface area contributed by atoms with Crippen LogP contribution in [0.25, 0.3) is 0 Å². The minimum Gasteiger partial charge on any atom is -0.448 e. The van der Waals surface area contributed by atoms with Gasteiger partial charge in [-0.1, -0.05) is 72.4 Å². The Kier molecular flexibility index (Phi) is 9.07. The van der Waals surface area contributed by atoms with E-state index in [1.54, 1.807) is 50.7 Å². The summed E-state index contributed by atoms with van der Waals surface area (Å²) in [6.45, 7) is 5.10. The smallest absolute Gasteiger partial charge is 0.408 e. The molecule has 0 radical (unpaired) electrons. The van der Waals surface area contributed by atoms with Gasteiger partial charge in [0, 0.05) is 12.4 Å². The molecule has 0 bridgehead atoms. The fraction of sp³-hybridized carbons (Fsp3) is 0.258. The van der Waals surface area contributed by atoms with Gasteiger partial charge in [0.25, 0.3) is 5.91 Å². The number of thioether (sulfide) groups is 1. The van der Waals surface area contributed by atoms with Crippen LogP contribution in [0, 0.1) is 0 Å². The van der Waals surface area contributed by atoms with E-state index < -0.39 is 51.9 Å². The van der Waals surface area contributed by atoms with Gasteiger partial charge in [-0.3, -0.25) is 13.9 Å². The van der Waals surface area contributed by atoms with Crippen LogP contribution in [-0.4, -0.2) is 59.8 Å². The van der Waals surface area contributed by atoms with Crippen LogP contribution in [0.15, 0.2) is 107 Å². The zero-order valence-electron chi connectivity index (χ0n) is 23.7. The number of carbonyl (C=O) groups is 3. The Hall–Kier alpha value is -4.29. The van der Waals surface area contributed by atoms with Gasteiger partial charge in [-0.25, -0.2) is 19.6 Å². The van der Waals surface area contributed by atoms with Crippen molar-refractivity contribution < 1.29 is 28.1 Å². The maximum Gasteiger partial charge on any atom is 0.408 e. The van der Waals surface area contributed by atoms with Gasteiger partial charge in [0.2, 0.25) is 0 Å². The molecule has 2 aliphatic rings. The summed E-state index contributed by atoms with van der Waals surface area (Å²) >= 11 is 1.21. The van der Waals surface area contributed by atoms with E-state index in [4.69, 9.17) is 9.47 Å². The Morgan fingerprint density at radius 2 is 1.63 bits per heavy atom. The van der Waals surface area contributed by atoms with E-state index in [0.29, 0.717) is 10.7 Å². The summed E-state index contributed by atoms with van der Waals surface area (Å²) in [6, 6.07) is 19.1. The molecule has 43 heavy (non-hydrogen) atoms. The molecule has 2 aliphatic heterocycles. The minimum absolute atomic E-state index is 0.0282. The van der Waals surface area contributed by atoms with Crippen molar-refractivity contribution >= 4 is 40.5 Å². The highest BCUT2D eigenvalue weighted by atomic mass is 32.2. The highest BCUT2D eigenvalue weighted by molar-refractivity contribution is 8.02. The lowest BCUT2D eigenvalue weighted by Gasteiger charge is -2.49. The Bertz CT molecular complexity index is 1540. The molecule has 5 rings (SSSR count). The monoisotopic (exact) mass is 618 g/mol. The van der Waals surface area contributed by atoms with Gasteiger partial charge in [0.05, 0.1) is 16.6 Å². The highest BCUT2D eigenvalue weighted by Gasteiger charge is 2.57. The van der Waals surface area contributed by atoms with Crippen LogP contribution in [0.2, 0.25) is 0 Å². The van der Waals surface area contributed by atoms with E-state index in [2.05, 4.69) is 15.3 Å². The lowest BCUT2D eigenvalue weighted by atomic mass is 10.0. The van der Waals surface area contributed by atoms with Gasteiger partial charge in [-0.15, -0.1) is 0 Å². The molecule has 2 aromatic carbocycles. The third-order valence-corrected chi connectivity index (χ3v) is 8.75. The zero-order valence-corrected chi connectivity index (χ0v) is 25.3. The number of ether oxygens (including phenoxy) is 2. The largest absolute Gasteiger partial charge is 0.448 e. The first-order valence-electron chi connectivity index (χ1n) is 13.5. The third-order valence-electron chi connectivity index (χ3n) is 6.44. The molecule has 3 atom stereocenters. The Morgan fingerprint density at radius 3 is 2.21 bits per heavy atom. The molecule has 2 amide bonds. The number of alkyl carbamates (subject to hydrolysis) is 1. The van der Waals surface area contributed by atoms with Crippen molar-refractivity contribution in [3.63, 3.8) is 0 Å². The van der Waals surface area contributed by atoms with Gasteiger partial charge >= 0.3 is 12.1 Å². The van der Waals surface area contributed by atoms with E-state index in [1.165, 1.54) is 16.7 Å². The standard InChI is InChI=1S/C31H30N4O6S2/c1-31(2,3)41-30(38)34-23-26(36)35-24(22(19-43(39)27(23)35)15-18-42-29-32-16-10-17-33-29)28(37)40-25(20-11-6-4-7-12-20)21-13-8-5-9-14-21/h4-18,23,25,27H,19H2,1-3H3,(H,34,38)/t23?,27-,43?/m0/s1. The molecule has 0 spiro atoms. The highest BCUT2D eigenvalue weighted by Crippen LogP contribution is 2.38. The first kappa shape index (κ1) is 30.2. The van der Waals surface area contributed by atoms with Crippen LogP contribution in [0.4, 0.5) is 4.79 Å². The summed E-state index contributed by atoms with van der Waals surface area (Å²) in [4.78, 5) is 49.4. The number of allylic oxidation sites excluding steroid dienone is 1. The Labute approximate surface area is 256 Å². The molecule has 1 saturated heterocycles. The second-order valence-electron chi connectivity index (χ2n) is 10.7. The number of hydrogen-bond acceptors (Lipinski definition) is 9. The summed E-state index contributed by atoms with van der Waals surface area (Å²) in [5.74, 6) is -1.39. The van der Waals surface area contributed by atoms with Gasteiger partial charge in [-0.05, 0) is 55.0 Å². The molecule has 0 aliphatic carbocycles. The zero-order chi connectivity index (χ0) is 30.6. The van der Waals surface area contributed by atoms with Crippen LogP contribution in [0.3, 0.4) is 0 Å². The minimum atomic E-state index is -1.64. The van der Waals surface area contributed by atoms with E-state index in [1.807, 2.05) is 60.7 Å². The molecule has 12 heteroatoms. The molecule has 1 N–H and O–H groups in total. The van der Waals surface area contributed by atoms with Crippen molar-refractivity contribution in [2.45, 2.75) is 49.0 Å². The molecule has 3 aromatic rings. The van der Waals surface area contributed by atoms with Gasteiger partial charge in [-0.2, -0.15) is 0 Å². The van der Waals surface area contributed by atoms with Crippen molar-refractivity contribution in [2.75, 3.05) is 5.75 Å². The number of nitrogens with zero attached hydrogens (tertiary/aromatic N) is 3. The average molecular weight is 619 g/mol. The van der Waals surface area contributed by atoms with E-state index in [0.717, 1.165) is 11.1 Å². The molecule has 2 unspecified atom stereocenters. The number of carbonyl (C=O) groups excluding carboxylic acids is 3. The third kappa shape index (κ3) is 7.03. The predicted molar refractivity (Wildman–Crippen MR) is 162 cm³/mol. The number of fused-ring (bicyclic) bond motifs is 1. The number of nitrogens with one attached hydrogen (secondary N) is 1.